The van der Waals surface area contributed by atoms with Gasteiger partial charge in [-0.15, -0.1) is 0 Å². The quantitative estimate of drug-likeness (QED) is 0.910. The van der Waals surface area contributed by atoms with Crippen molar-refractivity contribution in [1.29, 1.82) is 0 Å². The topological polar surface area (TPSA) is 67.2 Å². The van der Waals surface area contributed by atoms with E-state index in [1.165, 1.54) is 12.1 Å². The van der Waals surface area contributed by atoms with Gasteiger partial charge in [-0.3, -0.25) is 0 Å². The summed E-state index contributed by atoms with van der Waals surface area (Å²) in [6.07, 6.45) is 0. The molecule has 6 heteroatoms. The van der Waals surface area contributed by atoms with Crippen molar-refractivity contribution in [2.75, 3.05) is 0 Å². The van der Waals surface area contributed by atoms with Gasteiger partial charge in [0.15, 0.2) is 0 Å². The maximum atomic E-state index is 12.9. The first-order valence-corrected chi connectivity index (χ1v) is 6.69. The van der Waals surface area contributed by atoms with Crippen LogP contribution in [0.25, 0.3) is 0 Å². The minimum absolute atomic E-state index is 0.213. The number of carbonyl (C=O) groups is 1. The molecule has 0 bridgehead atoms. The molecule has 0 aliphatic carbocycles. The van der Waals surface area contributed by atoms with Crippen molar-refractivity contribution in [2.45, 2.75) is 33.4 Å². The molecule has 0 saturated carbocycles. The Kier molecular flexibility index (Phi) is 4.57. The smallest absolute Gasteiger partial charge is 0.315 e. The lowest BCUT2D eigenvalue weighted by Gasteiger charge is -2.15. The van der Waals surface area contributed by atoms with Crippen LogP contribution in [0.1, 0.15) is 35.5 Å². The first-order chi connectivity index (χ1) is 9.97. The van der Waals surface area contributed by atoms with Gasteiger partial charge < -0.3 is 15.2 Å². The van der Waals surface area contributed by atoms with Crippen molar-refractivity contribution in [3.8, 4) is 0 Å². The molecule has 0 aliphatic heterocycles. The molecule has 0 saturated heterocycles. The summed E-state index contributed by atoms with van der Waals surface area (Å²) in [6, 6.07) is 5.52. The first-order valence-electron chi connectivity index (χ1n) is 6.69. The average Bonchev–Trinajstić information content (AvgIpc) is 2.76. The lowest BCUT2D eigenvalue weighted by Crippen LogP contribution is -2.36. The fourth-order valence-corrected chi connectivity index (χ4v) is 2.01. The van der Waals surface area contributed by atoms with Gasteiger partial charge in [-0.25, -0.2) is 9.18 Å². The maximum Gasteiger partial charge on any atom is 0.315 e. The summed E-state index contributed by atoms with van der Waals surface area (Å²) in [5, 5.41) is 9.38. The molecule has 0 radical (unpaired) electrons. The summed E-state index contributed by atoms with van der Waals surface area (Å²) >= 11 is 0. The van der Waals surface area contributed by atoms with Gasteiger partial charge in [0.05, 0.1) is 11.7 Å². The van der Waals surface area contributed by atoms with E-state index in [4.69, 9.17) is 4.52 Å². The zero-order valence-electron chi connectivity index (χ0n) is 12.2. The molecular formula is C15H18FN3O2. The van der Waals surface area contributed by atoms with E-state index < -0.39 is 0 Å². The first kappa shape index (κ1) is 15.0. The Hall–Kier alpha value is -2.37. The van der Waals surface area contributed by atoms with E-state index in [1.807, 2.05) is 13.8 Å². The molecule has 0 fully saturated rings. The second kappa shape index (κ2) is 6.39. The van der Waals surface area contributed by atoms with Crippen LogP contribution in [-0.4, -0.2) is 11.2 Å². The molecule has 0 spiro atoms. The predicted octanol–water partition coefficient (Wildman–Crippen LogP) is 2.99. The van der Waals surface area contributed by atoms with Gasteiger partial charge in [-0.05, 0) is 38.5 Å². The fraction of sp³-hybridized carbons (Fsp3) is 0.333. The summed E-state index contributed by atoms with van der Waals surface area (Å²) in [7, 11) is 0. The highest BCUT2D eigenvalue weighted by Gasteiger charge is 2.12. The van der Waals surface area contributed by atoms with Gasteiger partial charge >= 0.3 is 6.03 Å². The van der Waals surface area contributed by atoms with E-state index in [0.717, 1.165) is 16.8 Å². The number of nitrogens with one attached hydrogen (secondary N) is 2. The predicted molar refractivity (Wildman–Crippen MR) is 76.2 cm³/mol. The van der Waals surface area contributed by atoms with Crippen LogP contribution in [0.5, 0.6) is 0 Å². The molecule has 2 aromatic rings. The van der Waals surface area contributed by atoms with Crippen molar-refractivity contribution < 1.29 is 13.7 Å². The van der Waals surface area contributed by atoms with Crippen LogP contribution in [0.15, 0.2) is 28.8 Å². The van der Waals surface area contributed by atoms with Gasteiger partial charge in [0, 0.05) is 12.1 Å². The standard InChI is InChI=1S/C15H18FN3O2/c1-9(12-4-6-13(16)7-5-12)18-15(20)17-8-14-10(2)19-21-11(14)3/h4-7,9H,8H2,1-3H3,(H2,17,18,20)/t9-/m0/s1. The zero-order chi connectivity index (χ0) is 15.4. The third-order valence-corrected chi connectivity index (χ3v) is 3.32. The van der Waals surface area contributed by atoms with Gasteiger partial charge in [-0.1, -0.05) is 17.3 Å². The van der Waals surface area contributed by atoms with E-state index in [-0.39, 0.29) is 17.9 Å². The number of benzene rings is 1. The lowest BCUT2D eigenvalue weighted by atomic mass is 10.1. The Morgan fingerprint density at radius 3 is 2.57 bits per heavy atom. The highest BCUT2D eigenvalue weighted by atomic mass is 19.1. The van der Waals surface area contributed by atoms with Crippen molar-refractivity contribution >= 4 is 6.03 Å². The average molecular weight is 291 g/mol. The number of hydrogen-bond acceptors (Lipinski definition) is 3. The van der Waals surface area contributed by atoms with Gasteiger partial charge in [0.25, 0.3) is 0 Å². The van der Waals surface area contributed by atoms with Crippen molar-refractivity contribution in [3.05, 3.63) is 52.7 Å². The number of halogens is 1. The highest BCUT2D eigenvalue weighted by Crippen LogP contribution is 2.13. The van der Waals surface area contributed by atoms with Gasteiger partial charge in [0.1, 0.15) is 11.6 Å². The molecule has 0 unspecified atom stereocenters. The Morgan fingerprint density at radius 2 is 2.00 bits per heavy atom. The summed E-state index contributed by atoms with van der Waals surface area (Å²) in [5.74, 6) is 0.396. The highest BCUT2D eigenvalue weighted by molar-refractivity contribution is 5.74. The molecule has 112 valence electrons. The molecule has 2 N–H and O–H groups in total. The van der Waals surface area contributed by atoms with Crippen molar-refractivity contribution in [1.82, 2.24) is 15.8 Å². The summed E-state index contributed by atoms with van der Waals surface area (Å²) in [4.78, 5) is 11.9. The normalized spacial score (nSPS) is 12.0. The number of nitrogens with zero attached hydrogens (tertiary/aromatic N) is 1. The van der Waals surface area contributed by atoms with Crippen LogP contribution in [-0.2, 0) is 6.54 Å². The molecule has 1 atom stereocenters. The summed E-state index contributed by atoms with van der Waals surface area (Å²) in [6.45, 7) is 5.81. The number of carbonyl (C=O) groups excluding carboxylic acids is 1. The Balaban J connectivity index is 1.88. The fourth-order valence-electron chi connectivity index (χ4n) is 2.01. The number of aryl methyl sites for hydroxylation is 2. The van der Waals surface area contributed by atoms with E-state index in [9.17, 15) is 9.18 Å². The van der Waals surface area contributed by atoms with E-state index in [1.54, 1.807) is 19.1 Å². The Bertz CT molecular complexity index is 603. The molecule has 2 amide bonds. The minimum Gasteiger partial charge on any atom is -0.361 e. The SMILES string of the molecule is Cc1noc(C)c1CNC(=O)N[C@@H](C)c1ccc(F)cc1. The molecule has 0 aliphatic rings. The number of aromatic nitrogens is 1. The number of urea groups is 1. The number of amides is 2. The van der Waals surface area contributed by atoms with Crippen LogP contribution in [0.3, 0.4) is 0 Å². The molecule has 5 nitrogen and oxygen atoms in total. The van der Waals surface area contributed by atoms with Crippen LogP contribution in [0.2, 0.25) is 0 Å². The maximum absolute atomic E-state index is 12.9. The van der Waals surface area contributed by atoms with Crippen molar-refractivity contribution in [3.63, 3.8) is 0 Å². The second-order valence-electron chi connectivity index (χ2n) is 4.90. The molecular weight excluding hydrogens is 273 g/mol. The van der Waals surface area contributed by atoms with Crippen LogP contribution in [0.4, 0.5) is 9.18 Å². The second-order valence-corrected chi connectivity index (χ2v) is 4.90. The van der Waals surface area contributed by atoms with E-state index >= 15 is 0 Å². The summed E-state index contributed by atoms with van der Waals surface area (Å²) in [5.41, 5.74) is 2.47. The summed E-state index contributed by atoms with van der Waals surface area (Å²) < 4.78 is 17.9. The number of rotatable bonds is 4. The Morgan fingerprint density at radius 1 is 1.33 bits per heavy atom. The Labute approximate surface area is 122 Å². The van der Waals surface area contributed by atoms with Crippen LogP contribution >= 0.6 is 0 Å². The van der Waals surface area contributed by atoms with Gasteiger partial charge in [-0.2, -0.15) is 0 Å². The van der Waals surface area contributed by atoms with Crippen molar-refractivity contribution in [2.24, 2.45) is 0 Å². The monoisotopic (exact) mass is 291 g/mol. The van der Waals surface area contributed by atoms with Gasteiger partial charge in [0.2, 0.25) is 0 Å². The van der Waals surface area contributed by atoms with E-state index in [0.29, 0.717) is 12.3 Å². The molecule has 21 heavy (non-hydrogen) atoms. The van der Waals surface area contributed by atoms with E-state index in [2.05, 4.69) is 15.8 Å². The van der Waals surface area contributed by atoms with Crippen LogP contribution < -0.4 is 10.6 Å². The largest absolute Gasteiger partial charge is 0.361 e. The molecule has 2 rings (SSSR count). The zero-order valence-corrected chi connectivity index (χ0v) is 12.2. The molecule has 1 aromatic carbocycles. The molecule has 1 aromatic heterocycles. The molecule has 1 heterocycles. The third kappa shape index (κ3) is 3.81. The lowest BCUT2D eigenvalue weighted by molar-refractivity contribution is 0.237. The third-order valence-electron chi connectivity index (χ3n) is 3.32. The number of hydrogen-bond donors (Lipinski definition) is 2. The minimum atomic E-state index is -0.299. The van der Waals surface area contributed by atoms with Crippen LogP contribution in [0, 0.1) is 19.7 Å².